The van der Waals surface area contributed by atoms with E-state index in [-0.39, 0.29) is 22.2 Å². The summed E-state index contributed by atoms with van der Waals surface area (Å²) in [6.45, 7) is 8.70. The van der Waals surface area contributed by atoms with Crippen molar-refractivity contribution < 1.29 is 4.39 Å². The number of halogens is 4. The second-order valence-electron chi connectivity index (χ2n) is 12.3. The fourth-order valence-electron chi connectivity index (χ4n) is 5.74. The van der Waals surface area contributed by atoms with Crippen molar-refractivity contribution in [3.05, 3.63) is 98.9 Å². The monoisotopic (exact) mass is 677 g/mol. The van der Waals surface area contributed by atoms with Crippen LogP contribution in [0.3, 0.4) is 0 Å². The van der Waals surface area contributed by atoms with Crippen LogP contribution in [0.25, 0.3) is 10.9 Å². The summed E-state index contributed by atoms with van der Waals surface area (Å²) in [5, 5.41) is 27.1. The number of piperidine rings is 1. The summed E-state index contributed by atoms with van der Waals surface area (Å²) >= 11 is 18.9. The number of benzene rings is 2. The molecule has 2 aromatic carbocycles. The van der Waals surface area contributed by atoms with E-state index in [4.69, 9.17) is 34.8 Å². The molecule has 0 unspecified atom stereocenters. The van der Waals surface area contributed by atoms with E-state index in [2.05, 4.69) is 62.7 Å². The molecule has 1 atom stereocenters. The molecule has 0 spiro atoms. The molecule has 236 valence electrons. The minimum absolute atomic E-state index is 0.0468. The summed E-state index contributed by atoms with van der Waals surface area (Å²) in [7, 11) is 0. The number of nitrogens with zero attached hydrogens (tertiary/aromatic N) is 7. The highest BCUT2D eigenvalue weighted by atomic mass is 35.5. The van der Waals surface area contributed by atoms with Gasteiger partial charge in [0.05, 0.1) is 45.1 Å². The van der Waals surface area contributed by atoms with Gasteiger partial charge in [0.25, 0.3) is 0 Å². The van der Waals surface area contributed by atoms with Gasteiger partial charge >= 0.3 is 0 Å². The van der Waals surface area contributed by atoms with Crippen LogP contribution in [-0.2, 0) is 0 Å². The molecular weight excluding hydrogens is 648 g/mol. The van der Waals surface area contributed by atoms with Crippen LogP contribution in [0.4, 0.5) is 21.5 Å². The summed E-state index contributed by atoms with van der Waals surface area (Å²) < 4.78 is 15.8. The van der Waals surface area contributed by atoms with Crippen molar-refractivity contribution in [1.82, 2.24) is 29.9 Å². The Bertz CT molecular complexity index is 1920. The van der Waals surface area contributed by atoms with Gasteiger partial charge in [-0.1, -0.05) is 46.1 Å². The van der Waals surface area contributed by atoms with Crippen molar-refractivity contribution in [1.29, 1.82) is 5.26 Å². The van der Waals surface area contributed by atoms with Crippen molar-refractivity contribution in [3.8, 4) is 6.07 Å². The highest BCUT2D eigenvalue weighted by Gasteiger charge is 2.29. The van der Waals surface area contributed by atoms with Gasteiger partial charge in [0.1, 0.15) is 22.7 Å². The zero-order valence-electron chi connectivity index (χ0n) is 25.4. The molecule has 1 aliphatic heterocycles. The Morgan fingerprint density at radius 3 is 2.41 bits per heavy atom. The van der Waals surface area contributed by atoms with Gasteiger partial charge in [-0.15, -0.1) is 5.10 Å². The van der Waals surface area contributed by atoms with Gasteiger partial charge in [0.2, 0.25) is 0 Å². The first-order valence-corrected chi connectivity index (χ1v) is 15.9. The Kier molecular flexibility index (Phi) is 9.03. The standard InChI is InChI=1S/C33H31Cl3FN9/c1-33(2,3)45-10-8-23(9-11-45)46-18-28(43-44-46)31(19-4-7-29(36)39-16-19)42-22-12-24-30(41-21-5-6-27(37)25(34)13-21)20(15-38)17-40-32(24)26(35)14-22/h4-7,12-14,16-18,23,31,42H,8-11H2,1-3H3,(H,40,41)/t31-/m0/s1. The van der Waals surface area contributed by atoms with E-state index in [1.807, 2.05) is 23.0 Å². The number of anilines is 3. The lowest BCUT2D eigenvalue weighted by Crippen LogP contribution is -2.46. The van der Waals surface area contributed by atoms with Crippen molar-refractivity contribution in [3.63, 3.8) is 0 Å². The second kappa shape index (κ2) is 13.0. The molecular formula is C33H31Cl3FN9. The molecule has 1 saturated heterocycles. The highest BCUT2D eigenvalue weighted by molar-refractivity contribution is 6.36. The number of hydrogen-bond acceptors (Lipinski definition) is 8. The lowest BCUT2D eigenvalue weighted by molar-refractivity contribution is 0.0866. The van der Waals surface area contributed by atoms with E-state index in [1.165, 1.54) is 24.4 Å². The van der Waals surface area contributed by atoms with Crippen molar-refractivity contribution >= 4 is 62.8 Å². The fourth-order valence-corrected chi connectivity index (χ4v) is 6.30. The Morgan fingerprint density at radius 1 is 0.978 bits per heavy atom. The minimum atomic E-state index is -0.545. The third-order valence-electron chi connectivity index (χ3n) is 8.24. The first-order chi connectivity index (χ1) is 22.0. The van der Waals surface area contributed by atoms with Crippen LogP contribution < -0.4 is 10.6 Å². The number of fused-ring (bicyclic) bond motifs is 1. The van der Waals surface area contributed by atoms with Crippen LogP contribution in [-0.4, -0.2) is 48.5 Å². The number of nitrogens with one attached hydrogen (secondary N) is 2. The van der Waals surface area contributed by atoms with Crippen LogP contribution in [0.2, 0.25) is 15.2 Å². The number of aromatic nitrogens is 5. The third-order valence-corrected chi connectivity index (χ3v) is 9.04. The zero-order chi connectivity index (χ0) is 32.6. The van der Waals surface area contributed by atoms with Gasteiger partial charge in [-0.05, 0) is 75.6 Å². The maximum absolute atomic E-state index is 13.9. The molecule has 46 heavy (non-hydrogen) atoms. The largest absolute Gasteiger partial charge is 0.373 e. The maximum Gasteiger partial charge on any atom is 0.141 e. The van der Waals surface area contributed by atoms with Gasteiger partial charge < -0.3 is 10.6 Å². The van der Waals surface area contributed by atoms with Gasteiger partial charge in [-0.25, -0.2) is 14.1 Å². The highest BCUT2D eigenvalue weighted by Crippen LogP contribution is 2.37. The molecule has 0 aliphatic carbocycles. The van der Waals surface area contributed by atoms with E-state index in [0.717, 1.165) is 31.5 Å². The molecule has 0 saturated carbocycles. The molecule has 3 aromatic heterocycles. The topological polar surface area (TPSA) is 108 Å². The molecule has 5 aromatic rings. The van der Waals surface area contributed by atoms with Crippen LogP contribution in [0, 0.1) is 17.1 Å². The Morgan fingerprint density at radius 2 is 1.74 bits per heavy atom. The van der Waals surface area contributed by atoms with E-state index in [1.54, 1.807) is 18.3 Å². The Labute approximate surface area is 281 Å². The second-order valence-corrected chi connectivity index (χ2v) is 13.5. The average Bonchev–Trinajstić information content (AvgIpc) is 3.52. The van der Waals surface area contributed by atoms with E-state index in [0.29, 0.717) is 43.8 Å². The first-order valence-electron chi connectivity index (χ1n) is 14.8. The number of hydrogen-bond donors (Lipinski definition) is 2. The average molecular weight is 679 g/mol. The SMILES string of the molecule is CC(C)(C)N1CCC(n2cc([C@@H](Nc3cc(Cl)c4ncc(C#N)c(Nc5ccc(F)c(Cl)c5)c4c3)c3ccc(Cl)nc3)nn2)CC1. The molecule has 1 aliphatic rings. The quantitative estimate of drug-likeness (QED) is 0.165. The predicted octanol–water partition coefficient (Wildman–Crippen LogP) is 8.57. The molecule has 0 radical (unpaired) electrons. The van der Waals surface area contributed by atoms with Crippen LogP contribution in [0.15, 0.2) is 61.1 Å². The molecule has 0 bridgehead atoms. The third kappa shape index (κ3) is 6.74. The van der Waals surface area contributed by atoms with E-state index >= 15 is 0 Å². The number of pyridine rings is 2. The summed E-state index contributed by atoms with van der Waals surface area (Å²) in [5.74, 6) is -0.545. The lowest BCUT2D eigenvalue weighted by atomic mass is 9.98. The summed E-state index contributed by atoms with van der Waals surface area (Å²) in [6, 6.07) is 13.4. The molecule has 0 amide bonds. The van der Waals surface area contributed by atoms with E-state index < -0.39 is 11.9 Å². The predicted molar refractivity (Wildman–Crippen MR) is 180 cm³/mol. The van der Waals surface area contributed by atoms with Gasteiger partial charge in [-0.2, -0.15) is 5.26 Å². The smallest absolute Gasteiger partial charge is 0.141 e. The minimum Gasteiger partial charge on any atom is -0.373 e. The molecule has 2 N–H and O–H groups in total. The number of nitriles is 1. The van der Waals surface area contributed by atoms with Crippen LogP contribution >= 0.6 is 34.8 Å². The van der Waals surface area contributed by atoms with Crippen molar-refractivity contribution in [2.24, 2.45) is 0 Å². The zero-order valence-corrected chi connectivity index (χ0v) is 27.7. The summed E-state index contributed by atoms with van der Waals surface area (Å²) in [4.78, 5) is 11.2. The summed E-state index contributed by atoms with van der Waals surface area (Å²) in [5.41, 5.74) is 4.00. The fraction of sp³-hybridized carbons (Fsp3) is 0.303. The van der Waals surface area contributed by atoms with Gasteiger partial charge in [0.15, 0.2) is 0 Å². The molecule has 4 heterocycles. The number of likely N-dealkylation sites (tertiary alicyclic amines) is 1. The molecule has 1 fully saturated rings. The number of rotatable bonds is 7. The maximum atomic E-state index is 13.9. The molecule has 13 heteroatoms. The van der Waals surface area contributed by atoms with Crippen molar-refractivity contribution in [2.45, 2.75) is 51.2 Å². The Hall–Kier alpha value is -4.01. The summed E-state index contributed by atoms with van der Waals surface area (Å²) in [6.07, 6.45) is 7.08. The van der Waals surface area contributed by atoms with Gasteiger partial charge in [0, 0.05) is 47.8 Å². The van der Waals surface area contributed by atoms with Crippen LogP contribution in [0.1, 0.15) is 62.5 Å². The van der Waals surface area contributed by atoms with E-state index in [9.17, 15) is 9.65 Å². The Balaban J connectivity index is 1.36. The normalized spacial score (nSPS) is 15.1. The van der Waals surface area contributed by atoms with Gasteiger partial charge in [-0.3, -0.25) is 9.88 Å². The molecule has 9 nitrogen and oxygen atoms in total. The first kappa shape index (κ1) is 32.0. The van der Waals surface area contributed by atoms with Crippen molar-refractivity contribution in [2.75, 3.05) is 23.7 Å². The molecule has 6 rings (SSSR count). The van der Waals surface area contributed by atoms with Crippen LogP contribution in [0.5, 0.6) is 0 Å². The lowest BCUT2D eigenvalue weighted by Gasteiger charge is -2.40.